The summed E-state index contributed by atoms with van der Waals surface area (Å²) in [5, 5.41) is 3.02. The summed E-state index contributed by atoms with van der Waals surface area (Å²) in [6, 6.07) is 0. The Morgan fingerprint density at radius 2 is 1.94 bits per heavy atom. The van der Waals surface area contributed by atoms with Crippen LogP contribution in [-0.4, -0.2) is 63.8 Å². The third-order valence-corrected chi connectivity index (χ3v) is 3.14. The molecule has 1 fully saturated rings. The Balaban J connectivity index is 2.21. The number of nitrogens with zero attached hydrogens (tertiary/aromatic N) is 1. The Bertz CT molecular complexity index is 275. The van der Waals surface area contributed by atoms with E-state index in [-0.39, 0.29) is 17.8 Å². The first-order chi connectivity index (χ1) is 8.69. The van der Waals surface area contributed by atoms with E-state index in [0.29, 0.717) is 45.6 Å². The minimum Gasteiger partial charge on any atom is -0.469 e. The van der Waals surface area contributed by atoms with Gasteiger partial charge < -0.3 is 19.7 Å². The molecule has 1 rings (SSSR count). The van der Waals surface area contributed by atoms with Crippen LogP contribution in [0.4, 0.5) is 0 Å². The van der Waals surface area contributed by atoms with Gasteiger partial charge in [-0.15, -0.1) is 0 Å². The fourth-order valence-electron chi connectivity index (χ4n) is 2.01. The van der Waals surface area contributed by atoms with Gasteiger partial charge in [0.05, 0.1) is 26.2 Å². The number of hydrogen-bond donors (Lipinski definition) is 1. The molecule has 1 heterocycles. The van der Waals surface area contributed by atoms with Gasteiger partial charge >= 0.3 is 5.97 Å². The number of esters is 1. The van der Waals surface area contributed by atoms with E-state index in [4.69, 9.17) is 9.47 Å². The van der Waals surface area contributed by atoms with Crippen molar-refractivity contribution in [2.45, 2.75) is 12.8 Å². The molecule has 0 spiro atoms. The van der Waals surface area contributed by atoms with Gasteiger partial charge in [0.15, 0.2) is 0 Å². The molecule has 1 aliphatic heterocycles. The molecule has 104 valence electrons. The molecule has 1 N–H and O–H groups in total. The second kappa shape index (κ2) is 8.05. The van der Waals surface area contributed by atoms with Crippen LogP contribution in [0.2, 0.25) is 0 Å². The minimum atomic E-state index is -0.166. The molecule has 6 heteroatoms. The first-order valence-corrected chi connectivity index (χ1v) is 6.24. The van der Waals surface area contributed by atoms with Crippen molar-refractivity contribution in [3.8, 4) is 0 Å². The monoisotopic (exact) mass is 258 g/mol. The molecule has 1 saturated heterocycles. The fourth-order valence-corrected chi connectivity index (χ4v) is 2.01. The van der Waals surface area contributed by atoms with E-state index in [2.05, 4.69) is 5.32 Å². The lowest BCUT2D eigenvalue weighted by atomic mass is 9.97. The number of piperidine rings is 1. The molecule has 0 aromatic rings. The zero-order chi connectivity index (χ0) is 13.4. The molecule has 0 atom stereocenters. The summed E-state index contributed by atoms with van der Waals surface area (Å²) < 4.78 is 9.59. The second-order valence-corrected chi connectivity index (χ2v) is 4.35. The highest BCUT2D eigenvalue weighted by Gasteiger charge is 2.27. The quantitative estimate of drug-likeness (QED) is 0.520. The minimum absolute atomic E-state index is 0.0551. The van der Waals surface area contributed by atoms with Crippen molar-refractivity contribution in [3.63, 3.8) is 0 Å². The van der Waals surface area contributed by atoms with Gasteiger partial charge in [-0.25, -0.2) is 0 Å². The first kappa shape index (κ1) is 14.9. The largest absolute Gasteiger partial charge is 0.469 e. The first-order valence-electron chi connectivity index (χ1n) is 6.24. The molecular formula is C12H22N2O4. The normalized spacial score (nSPS) is 16.7. The Labute approximate surface area is 108 Å². The summed E-state index contributed by atoms with van der Waals surface area (Å²) in [6.07, 6.45) is 1.38. The summed E-state index contributed by atoms with van der Waals surface area (Å²) in [7, 11) is 3.03. The standard InChI is InChI=1S/C12H22N2O4/c1-17-8-5-13-9-11(15)14-6-3-10(4-7-14)12(16)18-2/h10,13H,3-9H2,1-2H3. The number of carbonyl (C=O) groups excluding carboxylic acids is 2. The fraction of sp³-hybridized carbons (Fsp3) is 0.833. The number of hydrogen-bond acceptors (Lipinski definition) is 5. The highest BCUT2D eigenvalue weighted by atomic mass is 16.5. The summed E-state index contributed by atoms with van der Waals surface area (Å²) in [6.45, 7) is 2.85. The van der Waals surface area contributed by atoms with Gasteiger partial charge in [-0.05, 0) is 12.8 Å². The van der Waals surface area contributed by atoms with E-state index in [0.717, 1.165) is 0 Å². The van der Waals surface area contributed by atoms with Crippen molar-refractivity contribution in [1.82, 2.24) is 10.2 Å². The van der Waals surface area contributed by atoms with Gasteiger partial charge in [-0.1, -0.05) is 0 Å². The van der Waals surface area contributed by atoms with Crippen LogP contribution < -0.4 is 5.32 Å². The van der Waals surface area contributed by atoms with Crippen LogP contribution in [0.3, 0.4) is 0 Å². The lowest BCUT2D eigenvalue weighted by Crippen LogP contribution is -2.44. The van der Waals surface area contributed by atoms with Crippen molar-refractivity contribution >= 4 is 11.9 Å². The predicted molar refractivity (Wildman–Crippen MR) is 66.1 cm³/mol. The number of rotatable bonds is 6. The summed E-state index contributed by atoms with van der Waals surface area (Å²) >= 11 is 0. The topological polar surface area (TPSA) is 67.9 Å². The van der Waals surface area contributed by atoms with Crippen LogP contribution in [0.25, 0.3) is 0 Å². The number of nitrogens with one attached hydrogen (secondary N) is 1. The lowest BCUT2D eigenvalue weighted by molar-refractivity contribution is -0.148. The van der Waals surface area contributed by atoms with Gasteiger partial charge in [0.1, 0.15) is 0 Å². The van der Waals surface area contributed by atoms with Crippen molar-refractivity contribution in [2.75, 3.05) is 47.0 Å². The average molecular weight is 258 g/mol. The van der Waals surface area contributed by atoms with E-state index in [9.17, 15) is 9.59 Å². The smallest absolute Gasteiger partial charge is 0.308 e. The maximum atomic E-state index is 11.8. The highest BCUT2D eigenvalue weighted by Crippen LogP contribution is 2.18. The van der Waals surface area contributed by atoms with Gasteiger partial charge in [-0.2, -0.15) is 0 Å². The van der Waals surface area contributed by atoms with Crippen molar-refractivity contribution < 1.29 is 19.1 Å². The average Bonchev–Trinajstić information content (AvgIpc) is 2.42. The molecule has 6 nitrogen and oxygen atoms in total. The highest BCUT2D eigenvalue weighted by molar-refractivity contribution is 5.79. The zero-order valence-electron chi connectivity index (χ0n) is 11.1. The summed E-state index contributed by atoms with van der Waals surface area (Å²) in [5.74, 6) is -0.143. The molecular weight excluding hydrogens is 236 g/mol. The van der Waals surface area contributed by atoms with Crippen LogP contribution in [0.5, 0.6) is 0 Å². The van der Waals surface area contributed by atoms with E-state index >= 15 is 0 Å². The maximum Gasteiger partial charge on any atom is 0.308 e. The van der Waals surface area contributed by atoms with Crippen molar-refractivity contribution in [1.29, 1.82) is 0 Å². The Hall–Kier alpha value is -1.14. The number of carbonyl (C=O) groups is 2. The van der Waals surface area contributed by atoms with Gasteiger partial charge in [-0.3, -0.25) is 9.59 Å². The summed E-state index contributed by atoms with van der Waals surface area (Å²) in [5.41, 5.74) is 0. The zero-order valence-corrected chi connectivity index (χ0v) is 11.1. The third-order valence-electron chi connectivity index (χ3n) is 3.14. The van der Waals surface area contributed by atoms with E-state index in [1.807, 2.05) is 0 Å². The van der Waals surface area contributed by atoms with Crippen molar-refractivity contribution in [2.24, 2.45) is 5.92 Å². The second-order valence-electron chi connectivity index (χ2n) is 4.35. The van der Waals surface area contributed by atoms with E-state index < -0.39 is 0 Å². The van der Waals surface area contributed by atoms with Crippen molar-refractivity contribution in [3.05, 3.63) is 0 Å². The Morgan fingerprint density at radius 3 is 2.50 bits per heavy atom. The van der Waals surface area contributed by atoms with Gasteiger partial charge in [0.2, 0.25) is 5.91 Å². The van der Waals surface area contributed by atoms with Crippen LogP contribution in [-0.2, 0) is 19.1 Å². The van der Waals surface area contributed by atoms with E-state index in [1.54, 1.807) is 12.0 Å². The van der Waals surface area contributed by atoms with Crippen LogP contribution in [0, 0.1) is 5.92 Å². The molecule has 18 heavy (non-hydrogen) atoms. The molecule has 0 unspecified atom stereocenters. The Kier molecular flexibility index (Phi) is 6.67. The molecule has 1 amide bonds. The molecule has 0 aromatic heterocycles. The number of amides is 1. The number of likely N-dealkylation sites (tertiary alicyclic amines) is 1. The Morgan fingerprint density at radius 1 is 1.28 bits per heavy atom. The molecule has 0 saturated carbocycles. The van der Waals surface area contributed by atoms with Crippen LogP contribution in [0.1, 0.15) is 12.8 Å². The molecule has 0 radical (unpaired) electrons. The lowest BCUT2D eigenvalue weighted by Gasteiger charge is -2.30. The van der Waals surface area contributed by atoms with Gasteiger partial charge in [0, 0.05) is 26.7 Å². The summed E-state index contributed by atoms with van der Waals surface area (Å²) in [4.78, 5) is 24.9. The third kappa shape index (κ3) is 4.62. The molecule has 0 aromatic carbocycles. The maximum absolute atomic E-state index is 11.8. The molecule has 0 bridgehead atoms. The SMILES string of the molecule is COCCNCC(=O)N1CCC(C(=O)OC)CC1. The number of methoxy groups -OCH3 is 2. The number of ether oxygens (including phenoxy) is 2. The van der Waals surface area contributed by atoms with Crippen LogP contribution in [0.15, 0.2) is 0 Å². The molecule has 0 aliphatic carbocycles. The van der Waals surface area contributed by atoms with Gasteiger partial charge in [0.25, 0.3) is 0 Å². The van der Waals surface area contributed by atoms with E-state index in [1.165, 1.54) is 7.11 Å². The predicted octanol–water partition coefficient (Wildman–Crippen LogP) is -0.366. The van der Waals surface area contributed by atoms with Crippen LogP contribution >= 0.6 is 0 Å². The molecule has 1 aliphatic rings.